The number of ether oxygens (including phenoxy) is 1. The van der Waals surface area contributed by atoms with Gasteiger partial charge in [0, 0.05) is 18.2 Å². The van der Waals surface area contributed by atoms with Crippen molar-refractivity contribution in [2.24, 2.45) is 0 Å². The number of carbonyl (C=O) groups excluding carboxylic acids is 1. The maximum atomic E-state index is 12.2. The molecule has 0 spiro atoms. The Morgan fingerprint density at radius 1 is 1.55 bits per heavy atom. The molecule has 1 amide bonds. The van der Waals surface area contributed by atoms with E-state index in [0.717, 1.165) is 12.8 Å². The molecule has 6 nitrogen and oxygen atoms in total. The van der Waals surface area contributed by atoms with Crippen LogP contribution in [0.15, 0.2) is 18.2 Å². The summed E-state index contributed by atoms with van der Waals surface area (Å²) in [5.74, 6) is -0.363. The highest BCUT2D eigenvalue weighted by Gasteiger charge is 2.30. The largest absolute Gasteiger partial charge is 0.379 e. The molecule has 1 atom stereocenters. The maximum absolute atomic E-state index is 12.2. The molecule has 1 unspecified atom stereocenters. The van der Waals surface area contributed by atoms with Gasteiger partial charge in [0.1, 0.15) is 5.02 Å². The molecular formula is C13H15ClN2O4. The van der Waals surface area contributed by atoms with E-state index in [-0.39, 0.29) is 22.2 Å². The highest BCUT2D eigenvalue weighted by atomic mass is 35.5. The van der Waals surface area contributed by atoms with Crippen molar-refractivity contribution in [3.8, 4) is 0 Å². The molecule has 1 aromatic rings. The standard InChI is InChI=1S/C13H15ClN2O4/c1-13(5-2-6-20-8-13)15-12(17)9-3-4-10(14)11(7-9)16(18)19/h3-4,7H,2,5-6,8H2,1H3,(H,15,17). The number of nitrogens with one attached hydrogen (secondary N) is 1. The van der Waals surface area contributed by atoms with Gasteiger partial charge >= 0.3 is 0 Å². The van der Waals surface area contributed by atoms with E-state index in [0.29, 0.717) is 13.2 Å². The normalized spacial score (nSPS) is 22.3. The molecular weight excluding hydrogens is 284 g/mol. The van der Waals surface area contributed by atoms with Crippen molar-refractivity contribution >= 4 is 23.2 Å². The van der Waals surface area contributed by atoms with Gasteiger partial charge in [0.25, 0.3) is 11.6 Å². The molecule has 1 aromatic carbocycles. The highest BCUT2D eigenvalue weighted by molar-refractivity contribution is 6.32. The molecule has 0 bridgehead atoms. The van der Waals surface area contributed by atoms with Gasteiger partial charge < -0.3 is 10.1 Å². The first-order valence-electron chi connectivity index (χ1n) is 6.25. The summed E-state index contributed by atoms with van der Waals surface area (Å²) in [4.78, 5) is 22.4. The minimum atomic E-state index is -0.607. The minimum Gasteiger partial charge on any atom is -0.379 e. The zero-order valence-corrected chi connectivity index (χ0v) is 11.8. The smallest absolute Gasteiger partial charge is 0.288 e. The van der Waals surface area contributed by atoms with Crippen LogP contribution in [0.25, 0.3) is 0 Å². The van der Waals surface area contributed by atoms with Crippen molar-refractivity contribution in [1.82, 2.24) is 5.32 Å². The average Bonchev–Trinajstić information content (AvgIpc) is 2.39. The van der Waals surface area contributed by atoms with E-state index >= 15 is 0 Å². The van der Waals surface area contributed by atoms with E-state index in [4.69, 9.17) is 16.3 Å². The van der Waals surface area contributed by atoms with Crippen molar-refractivity contribution in [1.29, 1.82) is 0 Å². The molecule has 1 N–H and O–H groups in total. The molecule has 0 aromatic heterocycles. The van der Waals surface area contributed by atoms with Crippen molar-refractivity contribution in [2.45, 2.75) is 25.3 Å². The number of nitrogens with zero attached hydrogens (tertiary/aromatic N) is 1. The van der Waals surface area contributed by atoms with Crippen LogP contribution >= 0.6 is 11.6 Å². The molecule has 20 heavy (non-hydrogen) atoms. The van der Waals surface area contributed by atoms with Crippen LogP contribution in [0.3, 0.4) is 0 Å². The van der Waals surface area contributed by atoms with Gasteiger partial charge in [-0.2, -0.15) is 0 Å². The quantitative estimate of drug-likeness (QED) is 0.687. The van der Waals surface area contributed by atoms with Gasteiger partial charge in [0.2, 0.25) is 0 Å². The third-order valence-electron chi connectivity index (χ3n) is 3.26. The molecule has 0 radical (unpaired) electrons. The molecule has 1 aliphatic rings. The first-order chi connectivity index (χ1) is 9.41. The van der Waals surface area contributed by atoms with Gasteiger partial charge in [-0.3, -0.25) is 14.9 Å². The van der Waals surface area contributed by atoms with Crippen LogP contribution in [-0.2, 0) is 4.74 Å². The minimum absolute atomic E-state index is 0.0127. The highest BCUT2D eigenvalue weighted by Crippen LogP contribution is 2.26. The predicted octanol–water partition coefficient (Wildman–Crippen LogP) is 2.55. The van der Waals surface area contributed by atoms with E-state index in [1.807, 2.05) is 6.92 Å². The summed E-state index contributed by atoms with van der Waals surface area (Å²) in [6.45, 7) is 3.03. The van der Waals surface area contributed by atoms with Crippen molar-refractivity contribution < 1.29 is 14.5 Å². The topological polar surface area (TPSA) is 81.5 Å². The Labute approximate surface area is 121 Å². The molecule has 1 fully saturated rings. The monoisotopic (exact) mass is 298 g/mol. The Hall–Kier alpha value is -1.66. The summed E-state index contributed by atoms with van der Waals surface area (Å²) in [5, 5.41) is 13.7. The number of benzene rings is 1. The molecule has 1 aliphatic heterocycles. The summed E-state index contributed by atoms with van der Waals surface area (Å²) < 4.78 is 5.36. The Morgan fingerprint density at radius 2 is 2.30 bits per heavy atom. The van der Waals surface area contributed by atoms with Gasteiger partial charge in [-0.1, -0.05) is 11.6 Å². The van der Waals surface area contributed by atoms with Crippen LogP contribution in [0.2, 0.25) is 5.02 Å². The fourth-order valence-electron chi connectivity index (χ4n) is 2.17. The molecule has 0 aliphatic carbocycles. The third-order valence-corrected chi connectivity index (χ3v) is 3.58. The van der Waals surface area contributed by atoms with Crippen LogP contribution in [-0.4, -0.2) is 29.6 Å². The van der Waals surface area contributed by atoms with Crippen LogP contribution in [0, 0.1) is 10.1 Å². The SMILES string of the molecule is CC1(NC(=O)c2ccc(Cl)c([N+](=O)[O-])c2)CCCOC1. The second-order valence-electron chi connectivity index (χ2n) is 5.09. The van der Waals surface area contributed by atoms with Crippen LogP contribution in [0.5, 0.6) is 0 Å². The van der Waals surface area contributed by atoms with E-state index in [2.05, 4.69) is 5.32 Å². The molecule has 108 valence electrons. The van der Waals surface area contributed by atoms with Crippen LogP contribution in [0.4, 0.5) is 5.69 Å². The summed E-state index contributed by atoms with van der Waals surface area (Å²) in [6, 6.07) is 4.01. The zero-order valence-electron chi connectivity index (χ0n) is 11.0. The molecule has 0 saturated carbocycles. The third kappa shape index (κ3) is 3.26. The fraction of sp³-hybridized carbons (Fsp3) is 0.462. The number of rotatable bonds is 3. The molecule has 1 saturated heterocycles. The maximum Gasteiger partial charge on any atom is 0.288 e. The average molecular weight is 299 g/mol. The first kappa shape index (κ1) is 14.7. The van der Waals surface area contributed by atoms with E-state index in [9.17, 15) is 14.9 Å². The first-order valence-corrected chi connectivity index (χ1v) is 6.63. The van der Waals surface area contributed by atoms with Crippen molar-refractivity contribution in [3.05, 3.63) is 38.9 Å². The van der Waals surface area contributed by atoms with Crippen LogP contribution in [0.1, 0.15) is 30.1 Å². The second-order valence-corrected chi connectivity index (χ2v) is 5.50. The van der Waals surface area contributed by atoms with Gasteiger partial charge in [0.05, 0.1) is 17.1 Å². The Bertz CT molecular complexity index is 541. The number of nitro groups is 1. The summed E-state index contributed by atoms with van der Waals surface area (Å²) in [7, 11) is 0. The Morgan fingerprint density at radius 3 is 2.90 bits per heavy atom. The van der Waals surface area contributed by atoms with Gasteiger partial charge in [-0.05, 0) is 31.9 Å². The number of amides is 1. The zero-order chi connectivity index (χ0) is 14.8. The van der Waals surface area contributed by atoms with Gasteiger partial charge in [-0.25, -0.2) is 0 Å². The lowest BCUT2D eigenvalue weighted by Gasteiger charge is -2.34. The van der Waals surface area contributed by atoms with Gasteiger partial charge in [-0.15, -0.1) is 0 Å². The number of hydrogen-bond acceptors (Lipinski definition) is 4. The number of carbonyl (C=O) groups is 1. The number of nitro benzene ring substituents is 1. The second kappa shape index (κ2) is 5.76. The van der Waals surface area contributed by atoms with Crippen molar-refractivity contribution in [2.75, 3.05) is 13.2 Å². The summed E-state index contributed by atoms with van der Waals surface area (Å²) >= 11 is 5.72. The lowest BCUT2D eigenvalue weighted by molar-refractivity contribution is -0.384. The molecule has 7 heteroatoms. The van der Waals surface area contributed by atoms with E-state index < -0.39 is 10.5 Å². The van der Waals surface area contributed by atoms with Crippen molar-refractivity contribution in [3.63, 3.8) is 0 Å². The number of halogens is 1. The lowest BCUT2D eigenvalue weighted by Crippen LogP contribution is -2.51. The Balaban J connectivity index is 2.17. The molecule has 2 rings (SSSR count). The fourth-order valence-corrected chi connectivity index (χ4v) is 2.36. The predicted molar refractivity (Wildman–Crippen MR) is 74.0 cm³/mol. The van der Waals surface area contributed by atoms with Gasteiger partial charge in [0.15, 0.2) is 0 Å². The lowest BCUT2D eigenvalue weighted by atomic mass is 9.94. The number of hydrogen-bond donors (Lipinski definition) is 1. The van der Waals surface area contributed by atoms with Crippen LogP contribution < -0.4 is 5.32 Å². The summed E-state index contributed by atoms with van der Waals surface area (Å²) in [5.41, 5.74) is -0.499. The van der Waals surface area contributed by atoms with E-state index in [1.54, 1.807) is 0 Å². The summed E-state index contributed by atoms with van der Waals surface area (Å²) in [6.07, 6.45) is 1.69. The Kier molecular flexibility index (Phi) is 4.25. The molecule has 1 heterocycles. The van der Waals surface area contributed by atoms with E-state index in [1.165, 1.54) is 18.2 Å².